The third-order valence-electron chi connectivity index (χ3n) is 4.52. The molecule has 1 aromatic rings. The second-order valence-electron chi connectivity index (χ2n) is 6.45. The third kappa shape index (κ3) is 7.75. The maximum atomic E-state index is 12.8. The van der Waals surface area contributed by atoms with Gasteiger partial charge in [0.1, 0.15) is 0 Å². The van der Waals surface area contributed by atoms with Crippen molar-refractivity contribution >= 4 is 23.5 Å². The minimum Gasteiger partial charge on any atom is -0.469 e. The van der Waals surface area contributed by atoms with E-state index in [1.807, 2.05) is 12.1 Å². The van der Waals surface area contributed by atoms with Gasteiger partial charge in [0.05, 0.1) is 19.4 Å². The highest BCUT2D eigenvalue weighted by Crippen LogP contribution is 2.12. The van der Waals surface area contributed by atoms with Gasteiger partial charge in [0.2, 0.25) is 5.91 Å². The van der Waals surface area contributed by atoms with Gasteiger partial charge in [-0.15, -0.1) is 0 Å². The summed E-state index contributed by atoms with van der Waals surface area (Å²) in [7, 11) is 1.37. The van der Waals surface area contributed by atoms with E-state index >= 15 is 0 Å². The zero-order valence-corrected chi connectivity index (χ0v) is 17.1. The fraction of sp³-hybridized carbons (Fsp3) is 0.600. The van der Waals surface area contributed by atoms with E-state index < -0.39 is 0 Å². The lowest BCUT2D eigenvalue weighted by Crippen LogP contribution is -2.40. The van der Waals surface area contributed by atoms with Crippen molar-refractivity contribution in [1.82, 2.24) is 9.80 Å². The van der Waals surface area contributed by atoms with E-state index in [0.29, 0.717) is 24.5 Å². The van der Waals surface area contributed by atoms with Crippen LogP contribution in [0.3, 0.4) is 0 Å². The molecule has 0 saturated carbocycles. The molecule has 0 spiro atoms. The van der Waals surface area contributed by atoms with Crippen molar-refractivity contribution in [3.63, 3.8) is 0 Å². The predicted molar refractivity (Wildman–Crippen MR) is 105 cm³/mol. The Morgan fingerprint density at radius 3 is 2.27 bits per heavy atom. The topological polar surface area (TPSA) is 49.9 Å². The maximum absolute atomic E-state index is 12.8. The Kier molecular flexibility index (Phi) is 10.3. The summed E-state index contributed by atoms with van der Waals surface area (Å²) in [6, 6.07) is 7.29. The van der Waals surface area contributed by atoms with Gasteiger partial charge in [-0.05, 0) is 43.8 Å². The van der Waals surface area contributed by atoms with Gasteiger partial charge >= 0.3 is 5.97 Å². The van der Waals surface area contributed by atoms with E-state index in [-0.39, 0.29) is 17.8 Å². The van der Waals surface area contributed by atoms with Crippen LogP contribution in [-0.4, -0.2) is 61.5 Å². The number of esters is 1. The number of benzene rings is 1. The normalized spacial score (nSPS) is 12.1. The quantitative estimate of drug-likeness (QED) is 0.551. The van der Waals surface area contributed by atoms with Gasteiger partial charge in [0, 0.05) is 18.1 Å². The van der Waals surface area contributed by atoms with Gasteiger partial charge in [-0.25, -0.2) is 0 Å². The van der Waals surface area contributed by atoms with Gasteiger partial charge in [0.25, 0.3) is 0 Å². The molecule has 1 atom stereocenters. The number of hydrogen-bond acceptors (Lipinski definition) is 4. The Labute approximate surface area is 162 Å². The third-order valence-corrected chi connectivity index (χ3v) is 4.77. The molecule has 146 valence electrons. The summed E-state index contributed by atoms with van der Waals surface area (Å²) < 4.78 is 4.80. The molecule has 0 N–H and O–H groups in total. The Morgan fingerprint density at radius 2 is 1.73 bits per heavy atom. The molecule has 0 fully saturated rings. The summed E-state index contributed by atoms with van der Waals surface area (Å²) in [5.74, 6) is -0.622. The van der Waals surface area contributed by atoms with E-state index in [2.05, 4.69) is 18.7 Å². The van der Waals surface area contributed by atoms with Crippen molar-refractivity contribution in [2.45, 2.75) is 33.6 Å². The Hall–Kier alpha value is -1.59. The van der Waals surface area contributed by atoms with Crippen LogP contribution in [0.25, 0.3) is 0 Å². The Balaban J connectivity index is 2.72. The van der Waals surface area contributed by atoms with Crippen LogP contribution >= 0.6 is 11.6 Å². The van der Waals surface area contributed by atoms with E-state index in [1.165, 1.54) is 7.11 Å². The molecule has 5 nitrogen and oxygen atoms in total. The lowest BCUT2D eigenvalue weighted by Gasteiger charge is -2.27. The van der Waals surface area contributed by atoms with Gasteiger partial charge in [-0.3, -0.25) is 9.59 Å². The lowest BCUT2D eigenvalue weighted by atomic mass is 10.1. The molecule has 1 aromatic carbocycles. The molecular formula is C20H31ClN2O3. The molecule has 0 saturated heterocycles. The molecule has 0 radical (unpaired) electrons. The van der Waals surface area contributed by atoms with Gasteiger partial charge < -0.3 is 14.5 Å². The van der Waals surface area contributed by atoms with Crippen LogP contribution in [0.15, 0.2) is 24.3 Å². The van der Waals surface area contributed by atoms with E-state index in [0.717, 1.165) is 31.6 Å². The number of rotatable bonds is 11. The summed E-state index contributed by atoms with van der Waals surface area (Å²) >= 11 is 5.90. The molecule has 1 rings (SSSR count). The summed E-state index contributed by atoms with van der Waals surface area (Å²) in [6.07, 6.45) is 1.18. The number of carbonyl (C=O) groups excluding carboxylic acids is 2. The summed E-state index contributed by atoms with van der Waals surface area (Å²) in [6.45, 7) is 9.98. The van der Waals surface area contributed by atoms with Crippen LogP contribution in [0, 0.1) is 5.92 Å². The first-order chi connectivity index (χ1) is 12.4. The highest BCUT2D eigenvalue weighted by molar-refractivity contribution is 6.30. The maximum Gasteiger partial charge on any atom is 0.310 e. The van der Waals surface area contributed by atoms with Gasteiger partial charge in [-0.2, -0.15) is 0 Å². The van der Waals surface area contributed by atoms with Crippen molar-refractivity contribution in [1.29, 1.82) is 0 Å². The first-order valence-corrected chi connectivity index (χ1v) is 9.61. The van der Waals surface area contributed by atoms with Crippen molar-refractivity contribution in [2.75, 3.05) is 39.8 Å². The monoisotopic (exact) mass is 382 g/mol. The van der Waals surface area contributed by atoms with Crippen LogP contribution in [0.1, 0.15) is 32.8 Å². The van der Waals surface area contributed by atoms with Crippen molar-refractivity contribution in [2.24, 2.45) is 5.92 Å². The van der Waals surface area contributed by atoms with Gasteiger partial charge in [0.15, 0.2) is 0 Å². The zero-order valence-electron chi connectivity index (χ0n) is 16.3. The van der Waals surface area contributed by atoms with E-state index in [4.69, 9.17) is 16.3 Å². The number of halogens is 1. The molecule has 26 heavy (non-hydrogen) atoms. The number of nitrogens with zero attached hydrogens (tertiary/aromatic N) is 2. The molecule has 0 aliphatic heterocycles. The van der Waals surface area contributed by atoms with E-state index in [9.17, 15) is 9.59 Å². The van der Waals surface area contributed by atoms with E-state index in [1.54, 1.807) is 24.0 Å². The standard InChI is InChI=1S/C20H31ClN2O3/c1-5-22(6-2)12-7-13-23(15-16(3)20(25)26-4)19(24)14-17-8-10-18(21)11-9-17/h8-11,16H,5-7,12-15H2,1-4H3. The average molecular weight is 383 g/mol. The number of carbonyl (C=O) groups is 2. The summed E-state index contributed by atoms with van der Waals surface area (Å²) in [4.78, 5) is 28.6. The fourth-order valence-electron chi connectivity index (χ4n) is 2.84. The first kappa shape index (κ1) is 22.5. The van der Waals surface area contributed by atoms with Crippen molar-refractivity contribution in [3.05, 3.63) is 34.9 Å². The molecular weight excluding hydrogens is 352 g/mol. The molecule has 0 aliphatic carbocycles. The van der Waals surface area contributed by atoms with Crippen molar-refractivity contribution < 1.29 is 14.3 Å². The number of ether oxygens (including phenoxy) is 1. The van der Waals surface area contributed by atoms with Crippen molar-refractivity contribution in [3.8, 4) is 0 Å². The minimum absolute atomic E-state index is 0.0163. The number of amides is 1. The minimum atomic E-state index is -0.345. The predicted octanol–water partition coefficient (Wildman–Crippen LogP) is 3.25. The zero-order chi connectivity index (χ0) is 19.5. The highest BCUT2D eigenvalue weighted by atomic mass is 35.5. The van der Waals surface area contributed by atoms with Crippen LogP contribution < -0.4 is 0 Å². The van der Waals surface area contributed by atoms with Crippen LogP contribution in [0.4, 0.5) is 0 Å². The van der Waals surface area contributed by atoms with Crippen LogP contribution in [0.2, 0.25) is 5.02 Å². The molecule has 0 aliphatic rings. The molecule has 0 heterocycles. The Morgan fingerprint density at radius 1 is 1.12 bits per heavy atom. The van der Waals surface area contributed by atoms with Crippen LogP contribution in [-0.2, 0) is 20.7 Å². The average Bonchev–Trinajstić information content (AvgIpc) is 2.65. The smallest absolute Gasteiger partial charge is 0.310 e. The van der Waals surface area contributed by atoms with Gasteiger partial charge in [-0.1, -0.05) is 44.5 Å². The lowest BCUT2D eigenvalue weighted by molar-refractivity contribution is -0.146. The van der Waals surface area contributed by atoms with Crippen LogP contribution in [0.5, 0.6) is 0 Å². The number of methoxy groups -OCH3 is 1. The SMILES string of the molecule is CCN(CC)CCCN(CC(C)C(=O)OC)C(=O)Cc1ccc(Cl)cc1. The molecule has 1 unspecified atom stereocenters. The number of hydrogen-bond donors (Lipinski definition) is 0. The molecule has 0 aromatic heterocycles. The molecule has 1 amide bonds. The molecule has 0 bridgehead atoms. The fourth-order valence-corrected chi connectivity index (χ4v) is 2.96. The second kappa shape index (κ2) is 11.9. The summed E-state index contributed by atoms with van der Waals surface area (Å²) in [5.41, 5.74) is 0.916. The largest absolute Gasteiger partial charge is 0.469 e. The summed E-state index contributed by atoms with van der Waals surface area (Å²) in [5, 5.41) is 0.650. The Bertz CT molecular complexity index is 559. The first-order valence-electron chi connectivity index (χ1n) is 9.23. The highest BCUT2D eigenvalue weighted by Gasteiger charge is 2.21. The molecule has 6 heteroatoms. The second-order valence-corrected chi connectivity index (χ2v) is 6.88.